The van der Waals surface area contributed by atoms with E-state index >= 15 is 0 Å². The van der Waals surface area contributed by atoms with Crippen molar-refractivity contribution in [3.63, 3.8) is 0 Å². The second-order valence-electron chi connectivity index (χ2n) is 10.1. The minimum Gasteiger partial charge on any atom is -0.426 e. The Labute approximate surface area is 203 Å². The van der Waals surface area contributed by atoms with Crippen molar-refractivity contribution in [1.29, 1.82) is 0 Å². The SMILES string of the molecule is Cc1cccc(C)c1N1C[C@H](C(=O)Oc2cccc(N3C(=O)[C@@H]4[C@@H](C3=O)[C@H]3C=C[C@H]4C3)c2)CC1=O. The predicted molar refractivity (Wildman–Crippen MR) is 129 cm³/mol. The highest BCUT2D eigenvalue weighted by molar-refractivity contribution is 6.22. The van der Waals surface area contributed by atoms with E-state index in [0.717, 1.165) is 23.2 Å². The van der Waals surface area contributed by atoms with E-state index in [0.29, 0.717) is 5.69 Å². The van der Waals surface area contributed by atoms with Crippen molar-refractivity contribution in [1.82, 2.24) is 0 Å². The number of fused-ring (bicyclic) bond motifs is 5. The van der Waals surface area contributed by atoms with Gasteiger partial charge >= 0.3 is 5.97 Å². The number of hydrogen-bond donors (Lipinski definition) is 0. The lowest BCUT2D eigenvalue weighted by Crippen LogP contribution is -2.32. The standard InChI is InChI=1S/C28H26N2O5/c1-15-5-3-6-16(2)25(15)29-14-19(12-22(29)31)28(34)35-21-8-4-7-20(13-21)30-26(32)23-17-9-10-18(11-17)24(23)27(30)33/h3-10,13,17-19,23-24H,11-12,14H2,1-2H3/t17-,18-,19+,23-,24-/m0/s1. The van der Waals surface area contributed by atoms with Gasteiger partial charge in [0.05, 0.1) is 23.4 Å². The number of carbonyl (C=O) groups excluding carboxylic acids is 4. The predicted octanol–water partition coefficient (Wildman–Crippen LogP) is 3.57. The molecule has 4 aliphatic rings. The van der Waals surface area contributed by atoms with E-state index in [4.69, 9.17) is 4.74 Å². The molecule has 2 heterocycles. The topological polar surface area (TPSA) is 84.0 Å². The van der Waals surface area contributed by atoms with Gasteiger partial charge in [0.2, 0.25) is 17.7 Å². The van der Waals surface area contributed by atoms with E-state index in [1.165, 1.54) is 4.90 Å². The van der Waals surface area contributed by atoms with Gasteiger partial charge in [0, 0.05) is 24.7 Å². The fourth-order valence-electron chi connectivity index (χ4n) is 6.36. The first-order valence-electron chi connectivity index (χ1n) is 12.1. The summed E-state index contributed by atoms with van der Waals surface area (Å²) < 4.78 is 5.63. The number of esters is 1. The highest BCUT2D eigenvalue weighted by Crippen LogP contribution is 2.53. The van der Waals surface area contributed by atoms with Crippen LogP contribution in [0.4, 0.5) is 11.4 Å². The van der Waals surface area contributed by atoms with Crippen LogP contribution in [0.15, 0.2) is 54.6 Å². The summed E-state index contributed by atoms with van der Waals surface area (Å²) in [6.45, 7) is 4.15. The van der Waals surface area contributed by atoms with E-state index in [9.17, 15) is 19.2 Å². The number of anilines is 2. The molecule has 0 radical (unpaired) electrons. The minimum absolute atomic E-state index is 0.0779. The lowest BCUT2D eigenvalue weighted by Gasteiger charge is -2.21. The van der Waals surface area contributed by atoms with Crippen LogP contribution >= 0.6 is 0 Å². The van der Waals surface area contributed by atoms with Crippen molar-refractivity contribution in [3.05, 3.63) is 65.7 Å². The molecule has 0 aromatic heterocycles. The molecular weight excluding hydrogens is 444 g/mol. The van der Waals surface area contributed by atoms with E-state index < -0.39 is 11.9 Å². The third-order valence-electron chi connectivity index (χ3n) is 7.93. The van der Waals surface area contributed by atoms with Crippen molar-refractivity contribution >= 4 is 35.1 Å². The summed E-state index contributed by atoms with van der Waals surface area (Å²) in [5.74, 6) is -1.61. The van der Waals surface area contributed by atoms with E-state index in [1.807, 2.05) is 32.0 Å². The maximum absolute atomic E-state index is 13.1. The molecule has 6 rings (SSSR count). The molecule has 3 fully saturated rings. The Kier molecular flexibility index (Phi) is 4.91. The number of ether oxygens (including phenoxy) is 1. The van der Waals surface area contributed by atoms with Crippen molar-refractivity contribution in [2.45, 2.75) is 26.7 Å². The molecule has 2 aromatic rings. The molecule has 7 nitrogen and oxygen atoms in total. The maximum atomic E-state index is 13.1. The van der Waals surface area contributed by atoms with Crippen LogP contribution in [0, 0.1) is 43.4 Å². The number of carbonyl (C=O) groups is 4. The summed E-state index contributed by atoms with van der Waals surface area (Å²) in [5.41, 5.74) is 3.22. The van der Waals surface area contributed by atoms with Gasteiger partial charge in [-0.05, 0) is 55.4 Å². The van der Waals surface area contributed by atoms with Gasteiger partial charge in [-0.15, -0.1) is 0 Å². The van der Waals surface area contributed by atoms with Gasteiger partial charge in [0.15, 0.2) is 0 Å². The minimum atomic E-state index is -0.596. The lowest BCUT2D eigenvalue weighted by molar-refractivity contribution is -0.139. The van der Waals surface area contributed by atoms with Gasteiger partial charge in [0.1, 0.15) is 5.75 Å². The number of benzene rings is 2. The summed E-state index contributed by atoms with van der Waals surface area (Å²) >= 11 is 0. The third-order valence-corrected chi connectivity index (χ3v) is 7.93. The van der Waals surface area contributed by atoms with Gasteiger partial charge < -0.3 is 9.64 Å². The number of imide groups is 1. The fourth-order valence-corrected chi connectivity index (χ4v) is 6.36. The summed E-state index contributed by atoms with van der Waals surface area (Å²) in [6.07, 6.45) is 5.07. The second-order valence-corrected chi connectivity index (χ2v) is 10.1. The quantitative estimate of drug-likeness (QED) is 0.295. The average Bonchev–Trinajstić information content (AvgIpc) is 3.58. The zero-order valence-corrected chi connectivity index (χ0v) is 19.6. The van der Waals surface area contributed by atoms with Crippen LogP contribution < -0.4 is 14.5 Å². The molecule has 7 heteroatoms. The Hall–Kier alpha value is -3.74. The highest BCUT2D eigenvalue weighted by Gasteiger charge is 2.59. The fraction of sp³-hybridized carbons (Fsp3) is 0.357. The van der Waals surface area contributed by atoms with Gasteiger partial charge in [-0.2, -0.15) is 0 Å². The molecule has 0 spiro atoms. The van der Waals surface area contributed by atoms with Crippen molar-refractivity contribution in [2.24, 2.45) is 29.6 Å². The zero-order chi connectivity index (χ0) is 24.4. The molecule has 2 saturated heterocycles. The molecule has 35 heavy (non-hydrogen) atoms. The van der Waals surface area contributed by atoms with Crippen molar-refractivity contribution in [3.8, 4) is 5.75 Å². The van der Waals surface area contributed by atoms with Gasteiger partial charge in [-0.25, -0.2) is 4.90 Å². The smallest absolute Gasteiger partial charge is 0.316 e. The number of hydrogen-bond acceptors (Lipinski definition) is 5. The Morgan fingerprint density at radius 1 is 0.914 bits per heavy atom. The van der Waals surface area contributed by atoms with Crippen LogP contribution in [0.2, 0.25) is 0 Å². The first kappa shape index (κ1) is 21.8. The molecule has 3 amide bonds. The number of rotatable bonds is 4. The third kappa shape index (κ3) is 3.32. The Balaban J connectivity index is 1.18. The number of allylic oxidation sites excluding steroid dienone is 2. The van der Waals surface area contributed by atoms with Gasteiger partial charge in [0.25, 0.3) is 0 Å². The molecule has 0 unspecified atom stereocenters. The Bertz CT molecular complexity index is 1260. The molecule has 2 aromatic carbocycles. The molecule has 2 aliphatic heterocycles. The number of aryl methyl sites for hydroxylation is 2. The van der Waals surface area contributed by atoms with Gasteiger partial charge in [-0.1, -0.05) is 36.4 Å². The summed E-state index contributed by atoms with van der Waals surface area (Å²) in [7, 11) is 0. The second kappa shape index (κ2) is 7.90. The van der Waals surface area contributed by atoms with E-state index in [2.05, 4.69) is 12.2 Å². The van der Waals surface area contributed by atoms with Crippen LogP contribution in [0.1, 0.15) is 24.0 Å². The lowest BCUT2D eigenvalue weighted by atomic mass is 9.85. The molecule has 2 aliphatic carbocycles. The maximum Gasteiger partial charge on any atom is 0.316 e. The largest absolute Gasteiger partial charge is 0.426 e. The average molecular weight is 471 g/mol. The summed E-state index contributed by atoms with van der Waals surface area (Å²) in [4.78, 5) is 54.8. The van der Waals surface area contributed by atoms with Crippen LogP contribution in [0.25, 0.3) is 0 Å². The van der Waals surface area contributed by atoms with Crippen molar-refractivity contribution in [2.75, 3.05) is 16.3 Å². The van der Waals surface area contributed by atoms with E-state index in [-0.39, 0.29) is 60.1 Å². The number of amides is 3. The molecule has 2 bridgehead atoms. The summed E-state index contributed by atoms with van der Waals surface area (Å²) in [5, 5.41) is 0. The molecule has 1 saturated carbocycles. The molecule has 5 atom stereocenters. The van der Waals surface area contributed by atoms with Crippen molar-refractivity contribution < 1.29 is 23.9 Å². The van der Waals surface area contributed by atoms with E-state index in [1.54, 1.807) is 29.2 Å². The zero-order valence-electron chi connectivity index (χ0n) is 19.6. The van der Waals surface area contributed by atoms with Crippen LogP contribution in [0.5, 0.6) is 5.75 Å². The molecular formula is C28H26N2O5. The van der Waals surface area contributed by atoms with Gasteiger partial charge in [-0.3, -0.25) is 19.2 Å². The normalized spacial score (nSPS) is 28.9. The Morgan fingerprint density at radius 3 is 2.20 bits per heavy atom. The Morgan fingerprint density at radius 2 is 1.54 bits per heavy atom. The first-order valence-corrected chi connectivity index (χ1v) is 12.1. The van der Waals surface area contributed by atoms with Crippen LogP contribution in [-0.4, -0.2) is 30.2 Å². The summed E-state index contributed by atoms with van der Waals surface area (Å²) in [6, 6.07) is 12.4. The first-order chi connectivity index (χ1) is 16.8. The molecule has 178 valence electrons. The number of para-hydroxylation sites is 1. The monoisotopic (exact) mass is 470 g/mol. The molecule has 0 N–H and O–H groups in total. The number of nitrogens with zero attached hydrogens (tertiary/aromatic N) is 2. The van der Waals surface area contributed by atoms with Crippen LogP contribution in [0.3, 0.4) is 0 Å². The highest BCUT2D eigenvalue weighted by atomic mass is 16.5. The van der Waals surface area contributed by atoms with Crippen LogP contribution in [-0.2, 0) is 19.2 Å².